The third-order valence-electron chi connectivity index (χ3n) is 4.44. The first-order valence-corrected chi connectivity index (χ1v) is 10.3. The highest BCUT2D eigenvalue weighted by molar-refractivity contribution is 7.98. The Morgan fingerprint density at radius 1 is 0.897 bits per heavy atom. The molecule has 1 aromatic heterocycles. The van der Waals surface area contributed by atoms with Gasteiger partial charge < -0.3 is 9.73 Å². The standard InChI is InChI=1S/C23H19N3O2S/c1-15-6-5-7-18(14-15)23-26-25-22(28-23)17-12-10-16(11-13-17)21(27)24-19-8-3-4-9-20(19)29-2/h3-14H,1-2H3,(H,24,27). The average Bonchev–Trinajstić information content (AvgIpc) is 3.24. The van der Waals surface area contributed by atoms with Crippen molar-refractivity contribution in [2.24, 2.45) is 0 Å². The summed E-state index contributed by atoms with van der Waals surface area (Å²) in [5.74, 6) is 0.726. The summed E-state index contributed by atoms with van der Waals surface area (Å²) in [5, 5.41) is 11.2. The van der Waals surface area contributed by atoms with E-state index in [1.807, 2.05) is 73.8 Å². The van der Waals surface area contributed by atoms with Gasteiger partial charge in [0.15, 0.2) is 0 Å². The van der Waals surface area contributed by atoms with Gasteiger partial charge in [0.05, 0.1) is 5.69 Å². The summed E-state index contributed by atoms with van der Waals surface area (Å²) in [7, 11) is 0. The van der Waals surface area contributed by atoms with Crippen LogP contribution in [0.5, 0.6) is 0 Å². The van der Waals surface area contributed by atoms with E-state index in [4.69, 9.17) is 4.42 Å². The zero-order valence-corrected chi connectivity index (χ0v) is 16.9. The Hall–Kier alpha value is -3.38. The van der Waals surface area contributed by atoms with Crippen molar-refractivity contribution < 1.29 is 9.21 Å². The van der Waals surface area contributed by atoms with E-state index in [1.54, 1.807) is 23.9 Å². The Morgan fingerprint density at radius 3 is 2.34 bits per heavy atom. The molecule has 0 spiro atoms. The molecule has 4 rings (SSSR count). The zero-order valence-electron chi connectivity index (χ0n) is 16.0. The van der Waals surface area contributed by atoms with Gasteiger partial charge in [-0.1, -0.05) is 29.8 Å². The molecule has 144 valence electrons. The zero-order chi connectivity index (χ0) is 20.2. The summed E-state index contributed by atoms with van der Waals surface area (Å²) < 4.78 is 5.81. The van der Waals surface area contributed by atoms with Crippen molar-refractivity contribution in [3.05, 3.63) is 83.9 Å². The van der Waals surface area contributed by atoms with Crippen LogP contribution in [0.15, 0.2) is 82.1 Å². The van der Waals surface area contributed by atoms with Crippen molar-refractivity contribution in [3.63, 3.8) is 0 Å². The fourth-order valence-electron chi connectivity index (χ4n) is 2.94. The molecule has 0 saturated heterocycles. The van der Waals surface area contributed by atoms with Gasteiger partial charge in [-0.25, -0.2) is 0 Å². The molecule has 4 aromatic rings. The maximum Gasteiger partial charge on any atom is 0.255 e. The predicted octanol–water partition coefficient (Wildman–Crippen LogP) is 5.69. The van der Waals surface area contributed by atoms with Crippen molar-refractivity contribution >= 4 is 23.4 Å². The van der Waals surface area contributed by atoms with Crippen LogP contribution in [-0.2, 0) is 0 Å². The first kappa shape index (κ1) is 19.0. The van der Waals surface area contributed by atoms with Crippen molar-refractivity contribution in [3.8, 4) is 22.9 Å². The SMILES string of the molecule is CSc1ccccc1NC(=O)c1ccc(-c2nnc(-c3cccc(C)c3)o2)cc1. The van der Waals surface area contributed by atoms with Crippen LogP contribution in [0.3, 0.4) is 0 Å². The van der Waals surface area contributed by atoms with Crippen LogP contribution >= 0.6 is 11.8 Å². The molecule has 29 heavy (non-hydrogen) atoms. The van der Waals surface area contributed by atoms with E-state index in [0.717, 1.165) is 27.3 Å². The highest BCUT2D eigenvalue weighted by atomic mass is 32.2. The largest absolute Gasteiger partial charge is 0.416 e. The second-order valence-corrected chi connectivity index (χ2v) is 7.36. The lowest BCUT2D eigenvalue weighted by Gasteiger charge is -2.09. The first-order chi connectivity index (χ1) is 14.1. The summed E-state index contributed by atoms with van der Waals surface area (Å²) in [4.78, 5) is 13.6. The number of carbonyl (C=O) groups is 1. The molecule has 0 aliphatic carbocycles. The topological polar surface area (TPSA) is 68.0 Å². The van der Waals surface area contributed by atoms with Crippen LogP contribution in [0.2, 0.25) is 0 Å². The fourth-order valence-corrected chi connectivity index (χ4v) is 3.49. The molecule has 0 unspecified atom stereocenters. The molecule has 0 aliphatic heterocycles. The molecule has 1 amide bonds. The summed E-state index contributed by atoms with van der Waals surface area (Å²) >= 11 is 1.59. The first-order valence-electron chi connectivity index (χ1n) is 9.09. The Bertz CT molecular complexity index is 1150. The van der Waals surface area contributed by atoms with Crippen molar-refractivity contribution in [2.45, 2.75) is 11.8 Å². The van der Waals surface area contributed by atoms with Crippen LogP contribution in [0, 0.1) is 6.92 Å². The van der Waals surface area contributed by atoms with Gasteiger partial charge in [0.2, 0.25) is 11.8 Å². The monoisotopic (exact) mass is 401 g/mol. The number of para-hydroxylation sites is 1. The smallest absolute Gasteiger partial charge is 0.255 e. The molecule has 0 fully saturated rings. The van der Waals surface area contributed by atoms with Gasteiger partial charge in [-0.2, -0.15) is 0 Å². The van der Waals surface area contributed by atoms with Gasteiger partial charge in [-0.15, -0.1) is 22.0 Å². The van der Waals surface area contributed by atoms with Crippen LogP contribution < -0.4 is 5.32 Å². The van der Waals surface area contributed by atoms with Gasteiger partial charge in [0.25, 0.3) is 5.91 Å². The molecule has 1 heterocycles. The minimum absolute atomic E-state index is 0.163. The van der Waals surface area contributed by atoms with E-state index in [1.165, 1.54) is 0 Å². The lowest BCUT2D eigenvalue weighted by Crippen LogP contribution is -2.12. The van der Waals surface area contributed by atoms with Gasteiger partial charge in [-0.3, -0.25) is 4.79 Å². The Kier molecular flexibility index (Phi) is 5.44. The summed E-state index contributed by atoms with van der Waals surface area (Å²) in [6, 6.07) is 22.7. The number of nitrogens with zero attached hydrogens (tertiary/aromatic N) is 2. The number of rotatable bonds is 5. The van der Waals surface area contributed by atoms with E-state index in [9.17, 15) is 4.79 Å². The number of nitrogens with one attached hydrogen (secondary N) is 1. The van der Waals surface area contributed by atoms with Gasteiger partial charge in [-0.05, 0) is 61.7 Å². The van der Waals surface area contributed by atoms with Crippen molar-refractivity contribution in [1.82, 2.24) is 10.2 Å². The van der Waals surface area contributed by atoms with E-state index >= 15 is 0 Å². The van der Waals surface area contributed by atoms with Gasteiger partial charge >= 0.3 is 0 Å². The molecule has 0 atom stereocenters. The lowest BCUT2D eigenvalue weighted by molar-refractivity contribution is 0.102. The van der Waals surface area contributed by atoms with Crippen LogP contribution in [0.4, 0.5) is 5.69 Å². The molecule has 5 nitrogen and oxygen atoms in total. The van der Waals surface area contributed by atoms with E-state index in [2.05, 4.69) is 15.5 Å². The van der Waals surface area contributed by atoms with E-state index < -0.39 is 0 Å². The molecular formula is C23H19N3O2S. The number of amides is 1. The van der Waals surface area contributed by atoms with Gasteiger partial charge in [0, 0.05) is 21.6 Å². The normalized spacial score (nSPS) is 10.7. The number of hydrogen-bond donors (Lipinski definition) is 1. The maximum atomic E-state index is 12.6. The molecule has 6 heteroatoms. The number of aromatic nitrogens is 2. The second-order valence-electron chi connectivity index (χ2n) is 6.51. The molecule has 0 radical (unpaired) electrons. The predicted molar refractivity (Wildman–Crippen MR) is 116 cm³/mol. The number of carbonyl (C=O) groups excluding carboxylic acids is 1. The molecular weight excluding hydrogens is 382 g/mol. The fraction of sp³-hybridized carbons (Fsp3) is 0.0870. The molecule has 0 saturated carbocycles. The summed E-state index contributed by atoms with van der Waals surface area (Å²) in [6.45, 7) is 2.02. The Balaban J connectivity index is 1.51. The number of anilines is 1. The number of thioether (sulfide) groups is 1. The second kappa shape index (κ2) is 8.32. The minimum atomic E-state index is -0.163. The maximum absolute atomic E-state index is 12.6. The molecule has 3 aromatic carbocycles. The molecule has 1 N–H and O–H groups in total. The molecule has 0 bridgehead atoms. The third-order valence-corrected chi connectivity index (χ3v) is 5.24. The number of hydrogen-bond acceptors (Lipinski definition) is 5. The van der Waals surface area contributed by atoms with Gasteiger partial charge in [0.1, 0.15) is 0 Å². The lowest BCUT2D eigenvalue weighted by atomic mass is 10.1. The van der Waals surface area contributed by atoms with Crippen LogP contribution in [0.1, 0.15) is 15.9 Å². The van der Waals surface area contributed by atoms with Crippen LogP contribution in [-0.4, -0.2) is 22.4 Å². The third kappa shape index (κ3) is 4.22. The van der Waals surface area contributed by atoms with E-state index in [-0.39, 0.29) is 5.91 Å². The summed E-state index contributed by atoms with van der Waals surface area (Å²) in [6.07, 6.45) is 1.98. The van der Waals surface area contributed by atoms with E-state index in [0.29, 0.717) is 17.3 Å². The number of aryl methyl sites for hydroxylation is 1. The quantitative estimate of drug-likeness (QED) is 0.435. The summed E-state index contributed by atoms with van der Waals surface area (Å²) in [5.41, 5.74) is 4.13. The number of benzene rings is 3. The average molecular weight is 401 g/mol. The highest BCUT2D eigenvalue weighted by Crippen LogP contribution is 2.26. The minimum Gasteiger partial charge on any atom is -0.416 e. The highest BCUT2D eigenvalue weighted by Gasteiger charge is 2.13. The Labute approximate surface area is 173 Å². The van der Waals surface area contributed by atoms with Crippen LogP contribution in [0.25, 0.3) is 22.9 Å². The Morgan fingerprint density at radius 2 is 1.62 bits per heavy atom. The van der Waals surface area contributed by atoms with Crippen molar-refractivity contribution in [1.29, 1.82) is 0 Å². The molecule has 0 aliphatic rings. The van der Waals surface area contributed by atoms with Crippen molar-refractivity contribution in [2.75, 3.05) is 11.6 Å².